The lowest BCUT2D eigenvalue weighted by Crippen LogP contribution is -2.06. The van der Waals surface area contributed by atoms with Crippen LogP contribution in [0.4, 0.5) is 0 Å². The monoisotopic (exact) mass is 304 g/mol. The highest BCUT2D eigenvalue weighted by Crippen LogP contribution is 2.20. The van der Waals surface area contributed by atoms with Crippen LogP contribution in [-0.4, -0.2) is 18.8 Å². The second-order valence-corrected chi connectivity index (χ2v) is 6.47. The van der Waals surface area contributed by atoms with Crippen LogP contribution in [0.2, 0.25) is 0 Å². The normalized spacial score (nSPS) is 11.4. The molecule has 0 radical (unpaired) electrons. The van der Waals surface area contributed by atoms with Crippen molar-refractivity contribution in [2.45, 2.75) is 25.7 Å². The average Bonchev–Trinajstić information content (AvgIpc) is 2.40. The van der Waals surface area contributed by atoms with Crippen molar-refractivity contribution in [1.82, 2.24) is 0 Å². The molecule has 2 rings (SSSR count). The van der Waals surface area contributed by atoms with Gasteiger partial charge in [0.1, 0.15) is 0 Å². The Morgan fingerprint density at radius 3 is 1.90 bits per heavy atom. The third-order valence-electron chi connectivity index (χ3n) is 3.50. The minimum absolute atomic E-state index is 0.233. The van der Waals surface area contributed by atoms with E-state index in [4.69, 9.17) is 0 Å². The third-order valence-corrected chi connectivity index (χ3v) is 4.49. The van der Waals surface area contributed by atoms with Crippen molar-refractivity contribution in [3.63, 3.8) is 0 Å². The summed E-state index contributed by atoms with van der Waals surface area (Å²) in [7, 11) is -4.34. The zero-order valence-electron chi connectivity index (χ0n) is 12.0. The van der Waals surface area contributed by atoms with Crippen LogP contribution in [0, 0.1) is 20.8 Å². The van der Waals surface area contributed by atoms with E-state index in [-0.39, 0.29) is 16.2 Å². The predicted molar refractivity (Wildman–Crippen MR) is 80.3 cm³/mol. The summed E-state index contributed by atoms with van der Waals surface area (Å²) in [5.41, 5.74) is 3.19. The van der Waals surface area contributed by atoms with Gasteiger partial charge in [0.25, 0.3) is 10.1 Å². The Kier molecular flexibility index (Phi) is 3.98. The quantitative estimate of drug-likeness (QED) is 0.698. The Bertz CT molecular complexity index is 820. The first kappa shape index (κ1) is 15.4. The Hall–Kier alpha value is -1.98. The highest BCUT2D eigenvalue weighted by Gasteiger charge is 2.17. The van der Waals surface area contributed by atoms with Gasteiger partial charge in [0.2, 0.25) is 0 Å². The summed E-state index contributed by atoms with van der Waals surface area (Å²) in [6.07, 6.45) is 0. The van der Waals surface area contributed by atoms with Crippen molar-refractivity contribution in [2.75, 3.05) is 0 Å². The number of carbonyl (C=O) groups excluding carboxylic acids is 1. The molecular weight excluding hydrogens is 288 g/mol. The predicted octanol–water partition coefficient (Wildman–Crippen LogP) is 3.09. The van der Waals surface area contributed by atoms with Crippen molar-refractivity contribution in [3.05, 3.63) is 64.2 Å². The summed E-state index contributed by atoms with van der Waals surface area (Å²) >= 11 is 0. The number of aryl methyl sites for hydroxylation is 3. The van der Waals surface area contributed by atoms with Gasteiger partial charge in [-0.3, -0.25) is 9.35 Å². The molecular formula is C16H16O4S. The molecule has 5 heteroatoms. The Morgan fingerprint density at radius 2 is 1.38 bits per heavy atom. The van der Waals surface area contributed by atoms with Gasteiger partial charge in [0.05, 0.1) is 4.90 Å². The minimum Gasteiger partial charge on any atom is -0.289 e. The standard InChI is InChI=1S/C16H16O4S/c1-10-4-6-13(8-12(10)3)16(17)14-7-5-11(2)15(9-14)21(18,19)20/h4-9H,1-3H3,(H,18,19,20). The van der Waals surface area contributed by atoms with E-state index < -0.39 is 10.1 Å². The second-order valence-electron chi connectivity index (χ2n) is 5.08. The molecule has 2 aromatic rings. The second kappa shape index (κ2) is 5.42. The lowest BCUT2D eigenvalue weighted by Gasteiger charge is -2.07. The largest absolute Gasteiger partial charge is 0.294 e. The first-order valence-corrected chi connectivity index (χ1v) is 7.84. The van der Waals surface area contributed by atoms with Crippen LogP contribution in [0.25, 0.3) is 0 Å². The molecule has 0 aliphatic carbocycles. The Labute approximate surface area is 124 Å². The van der Waals surface area contributed by atoms with Crippen LogP contribution >= 0.6 is 0 Å². The van der Waals surface area contributed by atoms with Gasteiger partial charge < -0.3 is 0 Å². The molecule has 0 saturated heterocycles. The van der Waals surface area contributed by atoms with Crippen molar-refractivity contribution in [1.29, 1.82) is 0 Å². The fourth-order valence-electron chi connectivity index (χ4n) is 2.07. The Balaban J connectivity index is 2.51. The summed E-state index contributed by atoms with van der Waals surface area (Å²) in [4.78, 5) is 12.2. The van der Waals surface area contributed by atoms with Gasteiger partial charge in [-0.15, -0.1) is 0 Å². The van der Waals surface area contributed by atoms with Gasteiger partial charge in [0, 0.05) is 11.1 Å². The van der Waals surface area contributed by atoms with Gasteiger partial charge in [-0.2, -0.15) is 8.42 Å². The summed E-state index contributed by atoms with van der Waals surface area (Å²) in [5.74, 6) is -0.275. The maximum atomic E-state index is 12.4. The van der Waals surface area contributed by atoms with E-state index in [1.54, 1.807) is 25.1 Å². The molecule has 0 unspecified atom stereocenters. The maximum Gasteiger partial charge on any atom is 0.294 e. The molecule has 0 aliphatic heterocycles. The van der Waals surface area contributed by atoms with E-state index in [9.17, 15) is 17.8 Å². The maximum absolute atomic E-state index is 12.4. The van der Waals surface area contributed by atoms with Crippen LogP contribution in [0.5, 0.6) is 0 Å². The van der Waals surface area contributed by atoms with Gasteiger partial charge in [-0.25, -0.2) is 0 Å². The van der Waals surface area contributed by atoms with E-state index in [0.717, 1.165) is 11.1 Å². The number of benzene rings is 2. The molecule has 2 aromatic carbocycles. The van der Waals surface area contributed by atoms with Crippen LogP contribution in [-0.2, 0) is 10.1 Å². The topological polar surface area (TPSA) is 71.4 Å². The zero-order valence-corrected chi connectivity index (χ0v) is 12.9. The van der Waals surface area contributed by atoms with Crippen LogP contribution < -0.4 is 0 Å². The van der Waals surface area contributed by atoms with Gasteiger partial charge >= 0.3 is 0 Å². The van der Waals surface area contributed by atoms with E-state index >= 15 is 0 Å². The summed E-state index contributed by atoms with van der Waals surface area (Å²) in [5, 5.41) is 0. The fourth-order valence-corrected chi connectivity index (χ4v) is 2.82. The van der Waals surface area contributed by atoms with Crippen LogP contribution in [0.15, 0.2) is 41.3 Å². The molecule has 0 amide bonds. The fraction of sp³-hybridized carbons (Fsp3) is 0.188. The zero-order chi connectivity index (χ0) is 15.8. The molecule has 21 heavy (non-hydrogen) atoms. The first-order valence-electron chi connectivity index (χ1n) is 6.40. The van der Waals surface area contributed by atoms with Gasteiger partial charge in [-0.1, -0.05) is 24.3 Å². The van der Waals surface area contributed by atoms with Gasteiger partial charge in [0.15, 0.2) is 5.78 Å². The minimum atomic E-state index is -4.34. The molecule has 0 aliphatic rings. The van der Waals surface area contributed by atoms with Gasteiger partial charge in [-0.05, 0) is 49.6 Å². The number of rotatable bonds is 3. The van der Waals surface area contributed by atoms with E-state index in [1.165, 1.54) is 12.1 Å². The van der Waals surface area contributed by atoms with E-state index in [0.29, 0.717) is 11.1 Å². The molecule has 0 heterocycles. The smallest absolute Gasteiger partial charge is 0.289 e. The Morgan fingerprint density at radius 1 is 0.857 bits per heavy atom. The highest BCUT2D eigenvalue weighted by molar-refractivity contribution is 7.85. The molecule has 0 atom stereocenters. The first-order chi connectivity index (χ1) is 9.70. The van der Waals surface area contributed by atoms with Crippen molar-refractivity contribution in [2.24, 2.45) is 0 Å². The third kappa shape index (κ3) is 3.20. The molecule has 1 N–H and O–H groups in total. The lowest BCUT2D eigenvalue weighted by atomic mass is 9.99. The summed E-state index contributed by atoms with van der Waals surface area (Å²) < 4.78 is 31.8. The van der Waals surface area contributed by atoms with Crippen LogP contribution in [0.3, 0.4) is 0 Å². The molecule has 110 valence electrons. The van der Waals surface area contributed by atoms with E-state index in [1.807, 2.05) is 19.9 Å². The molecule has 0 bridgehead atoms. The van der Waals surface area contributed by atoms with Crippen LogP contribution in [0.1, 0.15) is 32.6 Å². The molecule has 0 spiro atoms. The molecule has 4 nitrogen and oxygen atoms in total. The average molecular weight is 304 g/mol. The van der Waals surface area contributed by atoms with E-state index in [2.05, 4.69) is 0 Å². The summed E-state index contributed by atoms with van der Waals surface area (Å²) in [6.45, 7) is 5.42. The number of ketones is 1. The molecule has 0 saturated carbocycles. The van der Waals surface area contributed by atoms with Crippen molar-refractivity contribution >= 4 is 15.9 Å². The number of hydrogen-bond donors (Lipinski definition) is 1. The van der Waals surface area contributed by atoms with Crippen molar-refractivity contribution in [3.8, 4) is 0 Å². The number of carbonyl (C=O) groups is 1. The lowest BCUT2D eigenvalue weighted by molar-refractivity contribution is 0.103. The SMILES string of the molecule is Cc1ccc(C(=O)c2ccc(C)c(S(=O)(=O)O)c2)cc1C. The van der Waals surface area contributed by atoms with Crippen molar-refractivity contribution < 1.29 is 17.8 Å². The molecule has 0 fully saturated rings. The summed E-state index contributed by atoms with van der Waals surface area (Å²) in [6, 6.07) is 9.60. The molecule has 0 aromatic heterocycles. The highest BCUT2D eigenvalue weighted by atomic mass is 32.2. The number of hydrogen-bond acceptors (Lipinski definition) is 3.